The van der Waals surface area contributed by atoms with Gasteiger partial charge in [-0.3, -0.25) is 0 Å². The molecule has 0 saturated heterocycles. The number of rotatable bonds is 4. The van der Waals surface area contributed by atoms with E-state index >= 15 is 0 Å². The SMILES string of the molecule is CCOC(=O)Sc1cccc2cccc(OC(=O)c3ccccc3)c12. The highest BCUT2D eigenvalue weighted by Gasteiger charge is 2.15. The minimum Gasteiger partial charge on any atom is -0.458 e. The minimum atomic E-state index is -0.441. The van der Waals surface area contributed by atoms with E-state index in [1.165, 1.54) is 0 Å². The fraction of sp³-hybridized carbons (Fsp3) is 0.100. The number of hydrogen-bond donors (Lipinski definition) is 0. The van der Waals surface area contributed by atoms with Crippen LogP contribution >= 0.6 is 11.8 Å². The van der Waals surface area contributed by atoms with Gasteiger partial charge in [0.2, 0.25) is 0 Å². The summed E-state index contributed by atoms with van der Waals surface area (Å²) >= 11 is 0.982. The molecular weight excluding hydrogens is 336 g/mol. The average molecular weight is 352 g/mol. The second-order valence-electron chi connectivity index (χ2n) is 5.15. The van der Waals surface area contributed by atoms with Gasteiger partial charge in [0.15, 0.2) is 0 Å². The summed E-state index contributed by atoms with van der Waals surface area (Å²) in [6, 6.07) is 19.8. The van der Waals surface area contributed by atoms with Crippen molar-refractivity contribution in [2.45, 2.75) is 11.8 Å². The predicted octanol–water partition coefficient (Wildman–Crippen LogP) is 5.31. The summed E-state index contributed by atoms with van der Waals surface area (Å²) in [5.74, 6) is -0.0252. The Morgan fingerprint density at radius 1 is 0.920 bits per heavy atom. The number of carbonyl (C=O) groups is 2. The molecule has 0 unspecified atom stereocenters. The lowest BCUT2D eigenvalue weighted by atomic mass is 10.1. The minimum absolute atomic E-state index is 0.312. The number of fused-ring (bicyclic) bond motifs is 1. The highest BCUT2D eigenvalue weighted by atomic mass is 32.2. The molecule has 0 N–H and O–H groups in total. The Labute approximate surface area is 149 Å². The van der Waals surface area contributed by atoms with E-state index in [0.29, 0.717) is 28.2 Å². The first-order chi connectivity index (χ1) is 12.2. The standard InChI is InChI=1S/C20H16O4S/c1-2-23-20(22)25-17-13-7-11-14-10-6-12-16(18(14)17)24-19(21)15-8-4-3-5-9-15/h3-13H,2H2,1H3. The van der Waals surface area contributed by atoms with E-state index in [1.807, 2.05) is 36.4 Å². The molecule has 0 atom stereocenters. The Morgan fingerprint density at radius 3 is 2.36 bits per heavy atom. The van der Waals surface area contributed by atoms with Crippen molar-refractivity contribution in [2.75, 3.05) is 6.61 Å². The summed E-state index contributed by atoms with van der Waals surface area (Å²) in [6.45, 7) is 2.07. The molecule has 0 fully saturated rings. The fourth-order valence-electron chi connectivity index (χ4n) is 2.41. The summed E-state index contributed by atoms with van der Waals surface area (Å²) in [6.07, 6.45) is 0. The predicted molar refractivity (Wildman–Crippen MR) is 98.2 cm³/mol. The first-order valence-corrected chi connectivity index (χ1v) is 8.64. The third kappa shape index (κ3) is 4.00. The van der Waals surface area contributed by atoms with Crippen LogP contribution in [0.5, 0.6) is 5.75 Å². The molecule has 0 saturated carbocycles. The Hall–Kier alpha value is -2.79. The molecule has 5 heteroatoms. The molecule has 0 spiro atoms. The molecule has 3 aromatic rings. The number of thioether (sulfide) groups is 1. The maximum Gasteiger partial charge on any atom is 0.372 e. The van der Waals surface area contributed by atoms with Gasteiger partial charge in [-0.25, -0.2) is 9.59 Å². The van der Waals surface area contributed by atoms with Crippen molar-refractivity contribution in [3.05, 3.63) is 72.3 Å². The van der Waals surface area contributed by atoms with E-state index in [2.05, 4.69) is 0 Å². The van der Waals surface area contributed by atoms with Crippen molar-refractivity contribution in [1.82, 2.24) is 0 Å². The molecule has 0 aliphatic carbocycles. The van der Waals surface area contributed by atoms with Gasteiger partial charge in [0.25, 0.3) is 0 Å². The maximum absolute atomic E-state index is 12.4. The first-order valence-electron chi connectivity index (χ1n) is 7.82. The van der Waals surface area contributed by atoms with Crippen LogP contribution in [0.1, 0.15) is 17.3 Å². The Morgan fingerprint density at radius 2 is 1.64 bits per heavy atom. The summed E-state index contributed by atoms with van der Waals surface area (Å²) in [5, 5.41) is 1.21. The topological polar surface area (TPSA) is 52.6 Å². The van der Waals surface area contributed by atoms with Gasteiger partial charge in [0, 0.05) is 10.3 Å². The third-order valence-corrected chi connectivity index (χ3v) is 4.34. The van der Waals surface area contributed by atoms with Crippen molar-refractivity contribution >= 4 is 33.8 Å². The molecule has 126 valence electrons. The molecule has 4 nitrogen and oxygen atoms in total. The third-order valence-electron chi connectivity index (χ3n) is 3.50. The van der Waals surface area contributed by atoms with Crippen LogP contribution in [-0.2, 0) is 4.74 Å². The first kappa shape index (κ1) is 17.0. The number of carbonyl (C=O) groups excluding carboxylic acids is 2. The molecule has 0 aliphatic heterocycles. The summed E-state index contributed by atoms with van der Waals surface area (Å²) in [4.78, 5) is 24.9. The van der Waals surface area contributed by atoms with Crippen molar-refractivity contribution in [3.8, 4) is 5.75 Å². The zero-order valence-corrected chi connectivity index (χ0v) is 14.4. The zero-order valence-electron chi connectivity index (χ0n) is 13.6. The molecule has 0 aromatic heterocycles. The smallest absolute Gasteiger partial charge is 0.372 e. The summed E-state index contributed by atoms with van der Waals surface area (Å²) in [7, 11) is 0. The van der Waals surface area contributed by atoms with Crippen LogP contribution in [0.3, 0.4) is 0 Å². The van der Waals surface area contributed by atoms with Gasteiger partial charge in [-0.1, -0.05) is 42.5 Å². The van der Waals surface area contributed by atoms with Gasteiger partial charge in [-0.05, 0) is 48.3 Å². The van der Waals surface area contributed by atoms with E-state index in [4.69, 9.17) is 9.47 Å². The van der Waals surface area contributed by atoms with Gasteiger partial charge in [0.1, 0.15) is 5.75 Å². The molecule has 0 aliphatic rings. The Kier molecular flexibility index (Phi) is 5.36. The molecule has 25 heavy (non-hydrogen) atoms. The molecule has 0 heterocycles. The largest absolute Gasteiger partial charge is 0.458 e. The molecule has 3 aromatic carbocycles. The highest BCUT2D eigenvalue weighted by molar-refractivity contribution is 8.13. The monoisotopic (exact) mass is 352 g/mol. The number of ether oxygens (including phenoxy) is 2. The van der Waals surface area contributed by atoms with Gasteiger partial charge in [0.05, 0.1) is 12.2 Å². The van der Waals surface area contributed by atoms with E-state index in [-0.39, 0.29) is 5.30 Å². The second-order valence-corrected chi connectivity index (χ2v) is 6.13. The lowest BCUT2D eigenvalue weighted by Crippen LogP contribution is -2.08. The van der Waals surface area contributed by atoms with Crippen LogP contribution in [0.2, 0.25) is 0 Å². The van der Waals surface area contributed by atoms with Crippen LogP contribution in [0.4, 0.5) is 4.79 Å². The summed E-state index contributed by atoms with van der Waals surface area (Å²) in [5.41, 5.74) is 0.468. The number of hydrogen-bond acceptors (Lipinski definition) is 5. The second kappa shape index (κ2) is 7.85. The average Bonchev–Trinajstić information content (AvgIpc) is 2.63. The zero-order chi connectivity index (χ0) is 17.6. The van der Waals surface area contributed by atoms with E-state index in [0.717, 1.165) is 17.1 Å². The van der Waals surface area contributed by atoms with Crippen molar-refractivity contribution in [3.63, 3.8) is 0 Å². The molecule has 0 radical (unpaired) electrons. The van der Waals surface area contributed by atoms with Crippen LogP contribution in [0.25, 0.3) is 10.8 Å². The van der Waals surface area contributed by atoms with Gasteiger partial charge < -0.3 is 9.47 Å². The lowest BCUT2D eigenvalue weighted by Gasteiger charge is -2.11. The maximum atomic E-state index is 12.4. The van der Waals surface area contributed by atoms with E-state index < -0.39 is 5.97 Å². The molecule has 3 rings (SSSR count). The Balaban J connectivity index is 1.97. The van der Waals surface area contributed by atoms with E-state index in [1.54, 1.807) is 37.3 Å². The van der Waals surface area contributed by atoms with Crippen molar-refractivity contribution in [1.29, 1.82) is 0 Å². The lowest BCUT2D eigenvalue weighted by molar-refractivity contribution is 0.0737. The number of benzene rings is 3. The normalized spacial score (nSPS) is 10.4. The fourth-order valence-corrected chi connectivity index (χ4v) is 3.24. The van der Waals surface area contributed by atoms with Gasteiger partial charge in [-0.15, -0.1) is 0 Å². The van der Waals surface area contributed by atoms with Crippen molar-refractivity contribution < 1.29 is 19.1 Å². The molecule has 0 amide bonds. The highest BCUT2D eigenvalue weighted by Crippen LogP contribution is 2.36. The Bertz CT molecular complexity index is 901. The number of esters is 1. The van der Waals surface area contributed by atoms with Crippen LogP contribution in [0, 0.1) is 0 Å². The molecular formula is C20H16O4S. The summed E-state index contributed by atoms with van der Waals surface area (Å²) < 4.78 is 10.6. The van der Waals surface area contributed by atoms with E-state index in [9.17, 15) is 9.59 Å². The van der Waals surface area contributed by atoms with Crippen LogP contribution in [0.15, 0.2) is 71.6 Å². The van der Waals surface area contributed by atoms with Crippen LogP contribution < -0.4 is 4.74 Å². The van der Waals surface area contributed by atoms with Gasteiger partial charge >= 0.3 is 11.3 Å². The van der Waals surface area contributed by atoms with Gasteiger partial charge in [-0.2, -0.15) is 0 Å². The molecule has 0 bridgehead atoms. The van der Waals surface area contributed by atoms with Crippen molar-refractivity contribution in [2.24, 2.45) is 0 Å². The van der Waals surface area contributed by atoms with Crippen LogP contribution in [-0.4, -0.2) is 17.9 Å². The quantitative estimate of drug-likeness (QED) is 0.362.